The average Bonchev–Trinajstić information content (AvgIpc) is 2.73. The van der Waals surface area contributed by atoms with Crippen LogP contribution in [0.25, 0.3) is 0 Å². The zero-order valence-electron chi connectivity index (χ0n) is 16.0. The van der Waals surface area contributed by atoms with Crippen LogP contribution in [0.1, 0.15) is 18.4 Å². The van der Waals surface area contributed by atoms with Crippen LogP contribution < -0.4 is 0 Å². The van der Waals surface area contributed by atoms with E-state index in [1.54, 1.807) is 12.1 Å². The lowest BCUT2D eigenvalue weighted by Crippen LogP contribution is -2.50. The summed E-state index contributed by atoms with van der Waals surface area (Å²) >= 11 is 0. The molecule has 0 aromatic heterocycles. The maximum Gasteiger partial charge on any atom is 0.123 e. The number of ether oxygens (including phenoxy) is 1. The van der Waals surface area contributed by atoms with E-state index in [0.29, 0.717) is 23.5 Å². The number of benzene rings is 2. The van der Waals surface area contributed by atoms with Crippen molar-refractivity contribution in [2.45, 2.75) is 29.8 Å². The van der Waals surface area contributed by atoms with E-state index in [1.165, 1.54) is 17.7 Å². The summed E-state index contributed by atoms with van der Waals surface area (Å²) < 4.78 is 44.5. The van der Waals surface area contributed by atoms with Crippen LogP contribution in [0.3, 0.4) is 0 Å². The molecule has 0 amide bonds. The number of hydrogen-bond donors (Lipinski definition) is 0. The molecular weight excluding hydrogens is 380 g/mol. The first kappa shape index (κ1) is 21.1. The van der Waals surface area contributed by atoms with Crippen molar-refractivity contribution in [1.29, 1.82) is 0 Å². The normalized spacial score (nSPS) is 18.1. The highest BCUT2D eigenvalue weighted by atomic mass is 32.2. The van der Waals surface area contributed by atoms with Crippen molar-refractivity contribution in [2.24, 2.45) is 0 Å². The maximum absolute atomic E-state index is 13.1. The molecular formula is C22H27F2NO2S. The van der Waals surface area contributed by atoms with Gasteiger partial charge in [0.05, 0.1) is 28.8 Å². The number of alkyl halides is 1. The number of rotatable bonds is 9. The van der Waals surface area contributed by atoms with Crippen LogP contribution in [0.2, 0.25) is 0 Å². The van der Waals surface area contributed by atoms with Gasteiger partial charge < -0.3 is 9.64 Å². The molecule has 1 fully saturated rings. The van der Waals surface area contributed by atoms with E-state index >= 15 is 0 Å². The quantitative estimate of drug-likeness (QED) is 0.629. The SMILES string of the molecule is O=S(CC1(OCCF)CCN(CCc2ccccc2)CC1)c1ccc(F)cc1. The fourth-order valence-electron chi connectivity index (χ4n) is 3.61. The van der Waals surface area contributed by atoms with Gasteiger partial charge in [-0.3, -0.25) is 4.21 Å². The van der Waals surface area contributed by atoms with Gasteiger partial charge in [0.25, 0.3) is 0 Å². The average molecular weight is 408 g/mol. The van der Waals surface area contributed by atoms with Crippen LogP contribution in [0.15, 0.2) is 59.5 Å². The molecule has 3 rings (SSSR count). The van der Waals surface area contributed by atoms with Crippen molar-refractivity contribution in [3.63, 3.8) is 0 Å². The largest absolute Gasteiger partial charge is 0.371 e. The number of halogens is 2. The van der Waals surface area contributed by atoms with Gasteiger partial charge in [0.2, 0.25) is 0 Å². The predicted octanol–water partition coefficient (Wildman–Crippen LogP) is 4.00. The number of likely N-dealkylation sites (tertiary alicyclic amines) is 1. The molecule has 1 saturated heterocycles. The fourth-order valence-corrected chi connectivity index (χ4v) is 5.07. The Bertz CT molecular complexity index is 747. The van der Waals surface area contributed by atoms with E-state index in [9.17, 15) is 13.0 Å². The molecule has 1 unspecified atom stereocenters. The van der Waals surface area contributed by atoms with Crippen molar-refractivity contribution in [3.8, 4) is 0 Å². The summed E-state index contributed by atoms with van der Waals surface area (Å²) in [5.41, 5.74) is 0.722. The molecule has 2 aromatic rings. The Morgan fingerprint density at radius 3 is 2.36 bits per heavy atom. The Kier molecular flexibility index (Phi) is 7.71. The van der Waals surface area contributed by atoms with Gasteiger partial charge in [-0.25, -0.2) is 8.78 Å². The van der Waals surface area contributed by atoms with E-state index in [2.05, 4.69) is 17.0 Å². The molecule has 2 aromatic carbocycles. The Balaban J connectivity index is 1.58. The van der Waals surface area contributed by atoms with Crippen molar-refractivity contribution in [1.82, 2.24) is 4.90 Å². The summed E-state index contributed by atoms with van der Waals surface area (Å²) in [4.78, 5) is 2.96. The third-order valence-corrected chi connectivity index (χ3v) is 6.87. The Morgan fingerprint density at radius 2 is 1.71 bits per heavy atom. The van der Waals surface area contributed by atoms with Gasteiger partial charge in [0.1, 0.15) is 12.5 Å². The van der Waals surface area contributed by atoms with Crippen LogP contribution in [0.4, 0.5) is 8.78 Å². The lowest BCUT2D eigenvalue weighted by Gasteiger charge is -2.41. The molecule has 0 saturated carbocycles. The van der Waals surface area contributed by atoms with Gasteiger partial charge in [-0.15, -0.1) is 0 Å². The number of piperidine rings is 1. The molecule has 0 aliphatic carbocycles. The van der Waals surface area contributed by atoms with Crippen LogP contribution in [-0.2, 0) is 22.0 Å². The van der Waals surface area contributed by atoms with Crippen LogP contribution in [0, 0.1) is 5.82 Å². The third-order valence-electron chi connectivity index (χ3n) is 5.28. The standard InChI is InChI=1S/C22H27F2NO2S/c23-13-17-27-22(18-28(26)21-8-6-20(24)7-9-21)11-15-25(16-12-22)14-10-19-4-2-1-3-5-19/h1-9H,10-18H2. The molecule has 0 radical (unpaired) electrons. The topological polar surface area (TPSA) is 29.5 Å². The van der Waals surface area contributed by atoms with E-state index < -0.39 is 23.1 Å². The second-order valence-corrected chi connectivity index (χ2v) is 8.69. The van der Waals surface area contributed by atoms with E-state index in [-0.39, 0.29) is 12.4 Å². The Morgan fingerprint density at radius 1 is 1.04 bits per heavy atom. The second-order valence-electron chi connectivity index (χ2n) is 7.24. The number of nitrogens with zero attached hydrogens (tertiary/aromatic N) is 1. The van der Waals surface area contributed by atoms with Crippen molar-refractivity contribution < 1.29 is 17.7 Å². The minimum Gasteiger partial charge on any atom is -0.371 e. The van der Waals surface area contributed by atoms with Crippen LogP contribution in [0.5, 0.6) is 0 Å². The highest BCUT2D eigenvalue weighted by Crippen LogP contribution is 2.29. The van der Waals surface area contributed by atoms with Crippen LogP contribution in [-0.4, -0.2) is 53.4 Å². The summed E-state index contributed by atoms with van der Waals surface area (Å²) in [6.45, 7) is 2.09. The van der Waals surface area contributed by atoms with Crippen LogP contribution >= 0.6 is 0 Å². The van der Waals surface area contributed by atoms with Gasteiger partial charge in [-0.2, -0.15) is 0 Å². The highest BCUT2D eigenvalue weighted by Gasteiger charge is 2.37. The highest BCUT2D eigenvalue weighted by molar-refractivity contribution is 7.85. The van der Waals surface area contributed by atoms with Crippen molar-refractivity contribution in [3.05, 3.63) is 66.0 Å². The summed E-state index contributed by atoms with van der Waals surface area (Å²) in [6.07, 6.45) is 2.42. The molecule has 1 aliphatic heterocycles. The van der Waals surface area contributed by atoms with Crippen molar-refractivity contribution >= 4 is 10.8 Å². The summed E-state index contributed by atoms with van der Waals surface area (Å²) in [5, 5.41) is 0. The summed E-state index contributed by atoms with van der Waals surface area (Å²) in [7, 11) is -1.31. The van der Waals surface area contributed by atoms with Gasteiger partial charge in [0, 0.05) is 24.5 Å². The monoisotopic (exact) mass is 407 g/mol. The second kappa shape index (κ2) is 10.2. The smallest absolute Gasteiger partial charge is 0.123 e. The molecule has 1 atom stereocenters. The van der Waals surface area contributed by atoms with Gasteiger partial charge in [-0.05, 0) is 49.1 Å². The van der Waals surface area contributed by atoms with Gasteiger partial charge in [-0.1, -0.05) is 30.3 Å². The minimum atomic E-state index is -1.31. The molecule has 3 nitrogen and oxygen atoms in total. The van der Waals surface area contributed by atoms with E-state index in [0.717, 1.165) is 26.1 Å². The molecule has 0 spiro atoms. The first-order valence-electron chi connectivity index (χ1n) is 9.70. The van der Waals surface area contributed by atoms with E-state index in [4.69, 9.17) is 4.74 Å². The molecule has 28 heavy (non-hydrogen) atoms. The molecule has 1 aliphatic rings. The number of hydrogen-bond acceptors (Lipinski definition) is 3. The first-order chi connectivity index (χ1) is 13.6. The van der Waals surface area contributed by atoms with Gasteiger partial charge >= 0.3 is 0 Å². The summed E-state index contributed by atoms with van der Waals surface area (Å²) in [5.74, 6) is -0.0404. The molecule has 0 N–H and O–H groups in total. The Labute approximate surface area is 168 Å². The molecule has 6 heteroatoms. The fraction of sp³-hybridized carbons (Fsp3) is 0.455. The lowest BCUT2D eigenvalue weighted by atomic mass is 9.92. The minimum absolute atomic E-state index is 0.0185. The van der Waals surface area contributed by atoms with Crippen molar-refractivity contribution in [2.75, 3.05) is 38.7 Å². The summed E-state index contributed by atoms with van der Waals surface area (Å²) in [6, 6.07) is 16.1. The lowest BCUT2D eigenvalue weighted by molar-refractivity contribution is -0.0711. The molecule has 152 valence electrons. The predicted molar refractivity (Wildman–Crippen MR) is 108 cm³/mol. The Hall–Kier alpha value is -1.63. The first-order valence-corrected chi connectivity index (χ1v) is 11.0. The van der Waals surface area contributed by atoms with Gasteiger partial charge in [0.15, 0.2) is 0 Å². The zero-order chi connectivity index (χ0) is 19.8. The zero-order valence-corrected chi connectivity index (χ0v) is 16.8. The third kappa shape index (κ3) is 5.93. The van der Waals surface area contributed by atoms with E-state index in [1.807, 2.05) is 18.2 Å². The molecule has 1 heterocycles. The maximum atomic E-state index is 13.1. The molecule has 0 bridgehead atoms.